The van der Waals surface area contributed by atoms with Gasteiger partial charge in [0.05, 0.1) is 0 Å². The number of hydrogen-bond donors (Lipinski definition) is 1. The maximum absolute atomic E-state index is 5.77. The predicted molar refractivity (Wildman–Crippen MR) is 64.8 cm³/mol. The summed E-state index contributed by atoms with van der Waals surface area (Å²) in [5.41, 5.74) is 8.38. The maximum Gasteiger partial charge on any atom is 0.0266 e. The SMILES string of the molecule is CC(C)Cc1ccc([C@@H](C)N)cc1.Cl. The van der Waals surface area contributed by atoms with Crippen LogP contribution < -0.4 is 5.73 Å². The van der Waals surface area contributed by atoms with Crippen molar-refractivity contribution in [1.82, 2.24) is 0 Å². The summed E-state index contributed by atoms with van der Waals surface area (Å²) in [4.78, 5) is 0. The van der Waals surface area contributed by atoms with Gasteiger partial charge in [-0.25, -0.2) is 0 Å². The fraction of sp³-hybridized carbons (Fsp3) is 0.500. The van der Waals surface area contributed by atoms with Crippen LogP contribution in [0.25, 0.3) is 0 Å². The van der Waals surface area contributed by atoms with Crippen LogP contribution in [0.3, 0.4) is 0 Å². The summed E-state index contributed by atoms with van der Waals surface area (Å²) >= 11 is 0. The third kappa shape index (κ3) is 4.12. The van der Waals surface area contributed by atoms with Crippen molar-refractivity contribution in [2.45, 2.75) is 33.2 Å². The monoisotopic (exact) mass is 213 g/mol. The van der Waals surface area contributed by atoms with Crippen LogP contribution in [-0.4, -0.2) is 0 Å². The van der Waals surface area contributed by atoms with Gasteiger partial charge in [0.15, 0.2) is 0 Å². The molecule has 1 atom stereocenters. The molecule has 2 N–H and O–H groups in total. The van der Waals surface area contributed by atoms with Gasteiger partial charge in [-0.3, -0.25) is 0 Å². The molecule has 0 radical (unpaired) electrons. The molecule has 80 valence electrons. The summed E-state index contributed by atoms with van der Waals surface area (Å²) in [6.07, 6.45) is 1.15. The third-order valence-electron chi connectivity index (χ3n) is 2.15. The second-order valence-corrected chi connectivity index (χ2v) is 4.13. The smallest absolute Gasteiger partial charge is 0.0266 e. The zero-order valence-corrected chi connectivity index (χ0v) is 9.97. The Morgan fingerprint density at radius 2 is 1.57 bits per heavy atom. The molecule has 0 unspecified atom stereocenters. The van der Waals surface area contributed by atoms with Gasteiger partial charge in [0.1, 0.15) is 0 Å². The standard InChI is InChI=1S/C12H19N.ClH/c1-9(2)8-11-4-6-12(7-5-11)10(3)13;/h4-7,9-10H,8,13H2,1-3H3;1H/t10-;/m1./s1. The minimum Gasteiger partial charge on any atom is -0.324 e. The first kappa shape index (κ1) is 13.5. The number of nitrogens with two attached hydrogens (primary N) is 1. The Morgan fingerprint density at radius 3 is 1.93 bits per heavy atom. The molecule has 0 amide bonds. The predicted octanol–water partition coefficient (Wildman–Crippen LogP) is 3.33. The molecule has 0 spiro atoms. The fourth-order valence-electron chi connectivity index (χ4n) is 1.43. The first-order chi connectivity index (χ1) is 6.09. The molecule has 0 fully saturated rings. The van der Waals surface area contributed by atoms with Crippen LogP contribution in [0, 0.1) is 5.92 Å². The molecule has 0 saturated carbocycles. The van der Waals surface area contributed by atoms with Crippen molar-refractivity contribution in [3.05, 3.63) is 35.4 Å². The van der Waals surface area contributed by atoms with Crippen molar-refractivity contribution in [3.63, 3.8) is 0 Å². The van der Waals surface area contributed by atoms with E-state index in [2.05, 4.69) is 38.1 Å². The van der Waals surface area contributed by atoms with Gasteiger partial charge in [-0.15, -0.1) is 12.4 Å². The summed E-state index contributed by atoms with van der Waals surface area (Å²) in [5, 5.41) is 0. The van der Waals surface area contributed by atoms with Crippen LogP contribution in [0.1, 0.15) is 37.9 Å². The Bertz CT molecular complexity index is 252. The summed E-state index contributed by atoms with van der Waals surface area (Å²) in [6.45, 7) is 6.48. The highest BCUT2D eigenvalue weighted by molar-refractivity contribution is 5.85. The van der Waals surface area contributed by atoms with Gasteiger partial charge in [-0.05, 0) is 30.4 Å². The Balaban J connectivity index is 0.00000169. The number of benzene rings is 1. The Labute approximate surface area is 93.1 Å². The third-order valence-corrected chi connectivity index (χ3v) is 2.15. The normalized spacial score (nSPS) is 12.4. The minimum atomic E-state index is 0. The molecule has 0 saturated heterocycles. The lowest BCUT2D eigenvalue weighted by atomic mass is 10.0. The molecule has 1 nitrogen and oxygen atoms in total. The van der Waals surface area contributed by atoms with Gasteiger partial charge in [-0.1, -0.05) is 38.1 Å². The summed E-state index contributed by atoms with van der Waals surface area (Å²) in [6, 6.07) is 8.76. The topological polar surface area (TPSA) is 26.0 Å². The van der Waals surface area contributed by atoms with Crippen molar-refractivity contribution in [3.8, 4) is 0 Å². The van der Waals surface area contributed by atoms with E-state index in [1.165, 1.54) is 11.1 Å². The van der Waals surface area contributed by atoms with Crippen molar-refractivity contribution in [2.75, 3.05) is 0 Å². The van der Waals surface area contributed by atoms with E-state index in [1.807, 2.05) is 6.92 Å². The summed E-state index contributed by atoms with van der Waals surface area (Å²) < 4.78 is 0. The molecule has 0 aliphatic carbocycles. The Kier molecular flexibility index (Phi) is 5.82. The van der Waals surface area contributed by atoms with E-state index in [9.17, 15) is 0 Å². The molecule has 1 aromatic rings. The maximum atomic E-state index is 5.77. The van der Waals surface area contributed by atoms with E-state index in [4.69, 9.17) is 5.73 Å². The van der Waals surface area contributed by atoms with Crippen LogP contribution in [-0.2, 0) is 6.42 Å². The van der Waals surface area contributed by atoms with E-state index >= 15 is 0 Å². The first-order valence-corrected chi connectivity index (χ1v) is 4.94. The van der Waals surface area contributed by atoms with Gasteiger partial charge in [-0.2, -0.15) is 0 Å². The summed E-state index contributed by atoms with van der Waals surface area (Å²) in [5.74, 6) is 0.723. The van der Waals surface area contributed by atoms with Gasteiger partial charge in [0, 0.05) is 6.04 Å². The van der Waals surface area contributed by atoms with Crippen LogP contribution in [0.4, 0.5) is 0 Å². The minimum absolute atomic E-state index is 0. The average molecular weight is 214 g/mol. The highest BCUT2D eigenvalue weighted by Gasteiger charge is 2.00. The van der Waals surface area contributed by atoms with E-state index in [0.717, 1.165) is 12.3 Å². The van der Waals surface area contributed by atoms with E-state index < -0.39 is 0 Å². The lowest BCUT2D eigenvalue weighted by Gasteiger charge is -2.08. The molecule has 0 heterocycles. The quantitative estimate of drug-likeness (QED) is 0.819. The van der Waals surface area contributed by atoms with Crippen molar-refractivity contribution in [2.24, 2.45) is 11.7 Å². The van der Waals surface area contributed by atoms with Crippen molar-refractivity contribution >= 4 is 12.4 Å². The molecule has 1 rings (SSSR count). The second-order valence-electron chi connectivity index (χ2n) is 4.13. The zero-order valence-electron chi connectivity index (χ0n) is 9.16. The largest absolute Gasteiger partial charge is 0.324 e. The molecule has 1 aromatic carbocycles. The lowest BCUT2D eigenvalue weighted by molar-refractivity contribution is 0.647. The second kappa shape index (κ2) is 6.05. The summed E-state index contributed by atoms with van der Waals surface area (Å²) in [7, 11) is 0. The van der Waals surface area contributed by atoms with Crippen molar-refractivity contribution in [1.29, 1.82) is 0 Å². The Morgan fingerprint density at radius 1 is 1.07 bits per heavy atom. The molecule has 0 bridgehead atoms. The molecule has 14 heavy (non-hydrogen) atoms. The number of halogens is 1. The molecule has 0 aromatic heterocycles. The van der Waals surface area contributed by atoms with Crippen LogP contribution in [0.15, 0.2) is 24.3 Å². The number of hydrogen-bond acceptors (Lipinski definition) is 1. The fourth-order valence-corrected chi connectivity index (χ4v) is 1.43. The highest BCUT2D eigenvalue weighted by atomic mass is 35.5. The van der Waals surface area contributed by atoms with Gasteiger partial charge < -0.3 is 5.73 Å². The first-order valence-electron chi connectivity index (χ1n) is 4.94. The van der Waals surface area contributed by atoms with Gasteiger partial charge in [0.25, 0.3) is 0 Å². The van der Waals surface area contributed by atoms with E-state index in [1.54, 1.807) is 0 Å². The molecule has 0 aliphatic rings. The number of rotatable bonds is 3. The lowest BCUT2D eigenvalue weighted by Crippen LogP contribution is -2.04. The zero-order chi connectivity index (χ0) is 9.84. The van der Waals surface area contributed by atoms with E-state index in [-0.39, 0.29) is 18.4 Å². The van der Waals surface area contributed by atoms with Gasteiger partial charge in [0.2, 0.25) is 0 Å². The molecular weight excluding hydrogens is 194 g/mol. The Hall–Kier alpha value is -0.530. The average Bonchev–Trinajstić information content (AvgIpc) is 2.04. The van der Waals surface area contributed by atoms with Crippen LogP contribution in [0.5, 0.6) is 0 Å². The van der Waals surface area contributed by atoms with Crippen LogP contribution in [0.2, 0.25) is 0 Å². The van der Waals surface area contributed by atoms with Crippen LogP contribution >= 0.6 is 12.4 Å². The highest BCUT2D eigenvalue weighted by Crippen LogP contribution is 2.13. The molecule has 2 heteroatoms. The van der Waals surface area contributed by atoms with E-state index in [0.29, 0.717) is 0 Å². The molecule has 0 aliphatic heterocycles. The van der Waals surface area contributed by atoms with Gasteiger partial charge >= 0.3 is 0 Å². The van der Waals surface area contributed by atoms with Crippen molar-refractivity contribution < 1.29 is 0 Å². The molecular formula is C12H20ClN.